The highest BCUT2D eigenvalue weighted by Crippen LogP contribution is 2.30. The predicted molar refractivity (Wildman–Crippen MR) is 107 cm³/mol. The summed E-state index contributed by atoms with van der Waals surface area (Å²) in [7, 11) is 0. The van der Waals surface area contributed by atoms with Gasteiger partial charge in [0.2, 0.25) is 0 Å². The van der Waals surface area contributed by atoms with Gasteiger partial charge >= 0.3 is 0 Å². The van der Waals surface area contributed by atoms with Crippen LogP contribution in [-0.2, 0) is 0 Å². The highest BCUT2D eigenvalue weighted by molar-refractivity contribution is 6.06. The first-order valence-electron chi connectivity index (χ1n) is 9.43. The van der Waals surface area contributed by atoms with Crippen LogP contribution in [0.5, 0.6) is 0 Å². The van der Waals surface area contributed by atoms with Gasteiger partial charge in [0.25, 0.3) is 5.91 Å². The Balaban J connectivity index is 1.53. The van der Waals surface area contributed by atoms with Crippen molar-refractivity contribution in [3.63, 3.8) is 0 Å². The number of amides is 1. The third-order valence-corrected chi connectivity index (χ3v) is 5.39. The summed E-state index contributed by atoms with van der Waals surface area (Å²) >= 11 is 0. The van der Waals surface area contributed by atoms with E-state index in [4.69, 9.17) is 0 Å². The summed E-state index contributed by atoms with van der Waals surface area (Å²) < 4.78 is 13.3. The molecule has 4 nitrogen and oxygen atoms in total. The summed E-state index contributed by atoms with van der Waals surface area (Å²) in [5, 5.41) is 3.76. The molecule has 1 atom stereocenters. The Kier molecular flexibility index (Phi) is 4.70. The number of hydrogen-bond acceptors (Lipinski definition) is 2. The molecule has 1 saturated heterocycles. The molecule has 2 aromatic carbocycles. The zero-order chi connectivity index (χ0) is 19.0. The number of H-pyrrole nitrogens is 1. The van der Waals surface area contributed by atoms with Crippen molar-refractivity contribution in [2.24, 2.45) is 0 Å². The van der Waals surface area contributed by atoms with E-state index in [1.165, 1.54) is 24.1 Å². The molecule has 0 bridgehead atoms. The number of nitrogens with one attached hydrogen (secondary N) is 2. The molecule has 2 heterocycles. The smallest absolute Gasteiger partial charge is 0.272 e. The molecule has 1 amide bonds. The SMILES string of the molecule is CC(C)N1CCC(c2ccc3[nH]c(C(=O)Nc4cccc(F)c4)cc3c2)C1. The quantitative estimate of drug-likeness (QED) is 0.700. The van der Waals surface area contributed by atoms with E-state index >= 15 is 0 Å². The standard InChI is InChI=1S/C22H24FN3O/c1-14(2)26-9-8-16(13-26)15-6-7-20-17(10-15)11-21(25-20)22(27)24-19-5-3-4-18(23)12-19/h3-7,10-12,14,16,25H,8-9,13H2,1-2H3,(H,24,27). The molecular weight excluding hydrogens is 341 g/mol. The van der Waals surface area contributed by atoms with Gasteiger partial charge in [0.1, 0.15) is 11.5 Å². The minimum atomic E-state index is -0.374. The van der Waals surface area contributed by atoms with Crippen LogP contribution in [0.25, 0.3) is 10.9 Å². The topological polar surface area (TPSA) is 48.1 Å². The average molecular weight is 365 g/mol. The number of halogens is 1. The second-order valence-electron chi connectivity index (χ2n) is 7.57. The van der Waals surface area contributed by atoms with Gasteiger partial charge in [-0.05, 0) is 74.7 Å². The van der Waals surface area contributed by atoms with Crippen molar-refractivity contribution in [2.75, 3.05) is 18.4 Å². The van der Waals surface area contributed by atoms with Crippen LogP contribution in [0, 0.1) is 5.82 Å². The summed E-state index contributed by atoms with van der Waals surface area (Å²) in [5.74, 6) is -0.109. The molecule has 3 aromatic rings. The molecule has 0 radical (unpaired) electrons. The highest BCUT2D eigenvalue weighted by Gasteiger charge is 2.25. The Bertz CT molecular complexity index is 979. The molecule has 5 heteroatoms. The van der Waals surface area contributed by atoms with E-state index in [1.807, 2.05) is 12.1 Å². The summed E-state index contributed by atoms with van der Waals surface area (Å²) in [6.07, 6.45) is 1.17. The van der Waals surface area contributed by atoms with Crippen molar-refractivity contribution < 1.29 is 9.18 Å². The lowest BCUT2D eigenvalue weighted by molar-refractivity contribution is 0.102. The number of likely N-dealkylation sites (tertiary alicyclic amines) is 1. The largest absolute Gasteiger partial charge is 0.351 e. The van der Waals surface area contributed by atoms with E-state index in [1.54, 1.807) is 12.1 Å². The fourth-order valence-corrected chi connectivity index (χ4v) is 3.82. The third-order valence-electron chi connectivity index (χ3n) is 5.39. The zero-order valence-electron chi connectivity index (χ0n) is 15.6. The fourth-order valence-electron chi connectivity index (χ4n) is 3.82. The van der Waals surface area contributed by atoms with Crippen LogP contribution in [-0.4, -0.2) is 34.9 Å². The maximum absolute atomic E-state index is 13.3. The lowest BCUT2D eigenvalue weighted by Crippen LogP contribution is -2.27. The van der Waals surface area contributed by atoms with E-state index in [2.05, 4.69) is 41.2 Å². The van der Waals surface area contributed by atoms with Crippen molar-refractivity contribution in [2.45, 2.75) is 32.2 Å². The Hall–Kier alpha value is -2.66. The number of benzene rings is 2. The van der Waals surface area contributed by atoms with Gasteiger partial charge in [0.15, 0.2) is 0 Å². The first kappa shape index (κ1) is 17.7. The summed E-state index contributed by atoms with van der Waals surface area (Å²) in [4.78, 5) is 18.1. The minimum absolute atomic E-state index is 0.273. The summed E-state index contributed by atoms with van der Waals surface area (Å²) in [6, 6.07) is 14.7. The van der Waals surface area contributed by atoms with Gasteiger partial charge in [0, 0.05) is 29.2 Å². The van der Waals surface area contributed by atoms with E-state index < -0.39 is 0 Å². The molecule has 0 spiro atoms. The third kappa shape index (κ3) is 3.74. The van der Waals surface area contributed by atoms with Gasteiger partial charge in [-0.1, -0.05) is 12.1 Å². The van der Waals surface area contributed by atoms with Crippen molar-refractivity contribution in [1.29, 1.82) is 0 Å². The molecule has 140 valence electrons. The Labute approximate surface area is 158 Å². The second-order valence-corrected chi connectivity index (χ2v) is 7.57. The Morgan fingerprint density at radius 1 is 1.22 bits per heavy atom. The molecule has 2 N–H and O–H groups in total. The number of anilines is 1. The van der Waals surface area contributed by atoms with Crippen LogP contribution >= 0.6 is 0 Å². The number of carbonyl (C=O) groups excluding carboxylic acids is 1. The maximum Gasteiger partial charge on any atom is 0.272 e. The lowest BCUT2D eigenvalue weighted by Gasteiger charge is -2.20. The number of rotatable bonds is 4. The number of fused-ring (bicyclic) bond motifs is 1. The molecule has 1 aliphatic heterocycles. The van der Waals surface area contributed by atoms with Gasteiger partial charge in [-0.15, -0.1) is 0 Å². The number of aromatic amines is 1. The Morgan fingerprint density at radius 3 is 2.81 bits per heavy atom. The van der Waals surface area contributed by atoms with Crippen molar-refractivity contribution in [3.05, 3.63) is 65.6 Å². The molecule has 1 aromatic heterocycles. The van der Waals surface area contributed by atoms with E-state index in [-0.39, 0.29) is 11.7 Å². The molecule has 1 fully saturated rings. The van der Waals surface area contributed by atoms with E-state index in [9.17, 15) is 9.18 Å². The molecule has 1 aliphatic rings. The monoisotopic (exact) mass is 365 g/mol. The molecule has 0 aliphatic carbocycles. The summed E-state index contributed by atoms with van der Waals surface area (Å²) in [5.41, 5.74) is 3.17. The highest BCUT2D eigenvalue weighted by atomic mass is 19.1. The maximum atomic E-state index is 13.3. The fraction of sp³-hybridized carbons (Fsp3) is 0.318. The molecule has 1 unspecified atom stereocenters. The van der Waals surface area contributed by atoms with E-state index in [0.29, 0.717) is 23.3 Å². The van der Waals surface area contributed by atoms with Gasteiger partial charge < -0.3 is 15.2 Å². The van der Waals surface area contributed by atoms with Gasteiger partial charge in [-0.2, -0.15) is 0 Å². The van der Waals surface area contributed by atoms with Gasteiger partial charge in [0.05, 0.1) is 0 Å². The first-order chi connectivity index (χ1) is 13.0. The van der Waals surface area contributed by atoms with Crippen LogP contribution < -0.4 is 5.32 Å². The minimum Gasteiger partial charge on any atom is -0.351 e. The predicted octanol–water partition coefficient (Wildman–Crippen LogP) is 4.76. The van der Waals surface area contributed by atoms with Crippen LogP contribution in [0.2, 0.25) is 0 Å². The van der Waals surface area contributed by atoms with Crippen LogP contribution in [0.4, 0.5) is 10.1 Å². The van der Waals surface area contributed by atoms with Crippen LogP contribution in [0.1, 0.15) is 42.2 Å². The lowest BCUT2D eigenvalue weighted by atomic mass is 9.97. The average Bonchev–Trinajstić information content (AvgIpc) is 3.28. The molecule has 4 rings (SSSR count). The van der Waals surface area contributed by atoms with Crippen LogP contribution in [0.15, 0.2) is 48.5 Å². The molecule has 27 heavy (non-hydrogen) atoms. The Morgan fingerprint density at radius 2 is 2.07 bits per heavy atom. The van der Waals surface area contributed by atoms with Gasteiger partial charge in [-0.3, -0.25) is 4.79 Å². The normalized spacial score (nSPS) is 17.7. The summed E-state index contributed by atoms with van der Waals surface area (Å²) in [6.45, 7) is 6.69. The number of hydrogen-bond donors (Lipinski definition) is 2. The van der Waals surface area contributed by atoms with Crippen LogP contribution in [0.3, 0.4) is 0 Å². The van der Waals surface area contributed by atoms with Crippen molar-refractivity contribution in [3.8, 4) is 0 Å². The first-order valence-corrected chi connectivity index (χ1v) is 9.43. The number of aromatic nitrogens is 1. The zero-order valence-corrected chi connectivity index (χ0v) is 15.6. The molecular formula is C22H24FN3O. The molecule has 0 saturated carbocycles. The number of nitrogens with zero attached hydrogens (tertiary/aromatic N) is 1. The van der Waals surface area contributed by atoms with Crippen molar-refractivity contribution in [1.82, 2.24) is 9.88 Å². The van der Waals surface area contributed by atoms with E-state index in [0.717, 1.165) is 24.0 Å². The number of carbonyl (C=O) groups is 1. The van der Waals surface area contributed by atoms with Crippen molar-refractivity contribution >= 4 is 22.5 Å². The second kappa shape index (κ2) is 7.16. The van der Waals surface area contributed by atoms with Gasteiger partial charge in [-0.25, -0.2) is 4.39 Å².